The molecule has 5 amide bonds. The van der Waals surface area contributed by atoms with Gasteiger partial charge in [0, 0.05) is 25.7 Å². The molecule has 0 aliphatic carbocycles. The molecule has 3 rings (SSSR count). The van der Waals surface area contributed by atoms with Gasteiger partial charge in [0.25, 0.3) is 0 Å². The van der Waals surface area contributed by atoms with Gasteiger partial charge in [-0.1, -0.05) is 20.8 Å². The van der Waals surface area contributed by atoms with Gasteiger partial charge >= 0.3 is 12.1 Å². The van der Waals surface area contributed by atoms with Crippen molar-refractivity contribution in [1.29, 1.82) is 0 Å². The third-order valence-electron chi connectivity index (χ3n) is 7.28. The van der Waals surface area contributed by atoms with Crippen LogP contribution in [0, 0.1) is 5.41 Å². The zero-order valence-electron chi connectivity index (χ0n) is 23.2. The number of carbonyl (C=O) groups excluding carboxylic acids is 4. The van der Waals surface area contributed by atoms with Gasteiger partial charge in [-0.2, -0.15) is 0 Å². The Balaban J connectivity index is 1.86. The molecule has 12 heteroatoms. The molecule has 0 aromatic rings. The number of nitrogens with zero attached hydrogens (tertiary/aromatic N) is 3. The molecule has 0 bridgehead atoms. The van der Waals surface area contributed by atoms with Gasteiger partial charge in [0.2, 0.25) is 11.8 Å². The Hall–Kier alpha value is -2.60. The highest BCUT2D eigenvalue weighted by Crippen LogP contribution is 2.36. The summed E-state index contributed by atoms with van der Waals surface area (Å²) in [5.74, 6) is -0.513. The van der Waals surface area contributed by atoms with Crippen molar-refractivity contribution in [2.75, 3.05) is 46.4 Å². The first kappa shape index (κ1) is 29.0. The van der Waals surface area contributed by atoms with Crippen molar-refractivity contribution in [3.05, 3.63) is 0 Å². The van der Waals surface area contributed by atoms with Crippen molar-refractivity contribution >= 4 is 23.9 Å². The number of carbonyl (C=O) groups is 4. The number of likely N-dealkylation sites (tertiary alicyclic amines) is 2. The largest absolute Gasteiger partial charge is 0.442 e. The summed E-state index contributed by atoms with van der Waals surface area (Å²) in [7, 11) is 1.69. The maximum Gasteiger partial charge on any atom is 0.410 e. The van der Waals surface area contributed by atoms with Gasteiger partial charge in [0.05, 0.1) is 37.9 Å². The number of fused-ring (bicyclic) bond motifs is 1. The molecule has 3 saturated heterocycles. The number of ether oxygens (including phenoxy) is 2. The number of rotatable bonds is 6. The standard InChI is InChI=1S/C25H44N6O6/c1-15(2)27-23(34)31-14-18(37-24(35)29-10-12-36-13-11-29)19-17(31)8-9-30(19)22(33)20(25(4,5)6)28-21(32)16(3)26-7/h15-20,26H,8-14H2,1-7H3,(H,27,34)(H,28,32). The molecule has 3 heterocycles. The molecule has 3 N–H and O–H groups in total. The number of hydrogen-bond donors (Lipinski definition) is 3. The highest BCUT2D eigenvalue weighted by atomic mass is 16.6. The van der Waals surface area contributed by atoms with Crippen LogP contribution in [-0.4, -0.2) is 121 Å². The second-order valence-electron chi connectivity index (χ2n) is 11.5. The number of hydrogen-bond acceptors (Lipinski definition) is 7. The lowest BCUT2D eigenvalue weighted by atomic mass is 9.85. The fraction of sp³-hybridized carbons (Fsp3) is 0.840. The fourth-order valence-electron chi connectivity index (χ4n) is 5.12. The van der Waals surface area contributed by atoms with Crippen LogP contribution < -0.4 is 16.0 Å². The molecule has 0 spiro atoms. The Labute approximate surface area is 219 Å². The van der Waals surface area contributed by atoms with Crippen LogP contribution in [0.3, 0.4) is 0 Å². The first-order chi connectivity index (χ1) is 17.3. The summed E-state index contributed by atoms with van der Waals surface area (Å²) in [6, 6.07) is -2.35. The zero-order chi connectivity index (χ0) is 27.5. The fourth-order valence-corrected chi connectivity index (χ4v) is 5.12. The van der Waals surface area contributed by atoms with E-state index in [1.165, 1.54) is 0 Å². The highest BCUT2D eigenvalue weighted by molar-refractivity contribution is 5.91. The van der Waals surface area contributed by atoms with E-state index in [2.05, 4.69) is 16.0 Å². The van der Waals surface area contributed by atoms with E-state index in [9.17, 15) is 19.2 Å². The first-order valence-electron chi connectivity index (χ1n) is 13.2. The Morgan fingerprint density at radius 3 is 2.19 bits per heavy atom. The van der Waals surface area contributed by atoms with Crippen molar-refractivity contribution in [3.8, 4) is 0 Å². The SMILES string of the molecule is CNC(C)C(=O)NC(C(=O)N1CCC2C1C(OC(=O)N1CCOCC1)CN2C(=O)NC(C)C)C(C)(C)C. The van der Waals surface area contributed by atoms with Crippen LogP contribution in [0.5, 0.6) is 0 Å². The van der Waals surface area contributed by atoms with E-state index >= 15 is 0 Å². The van der Waals surface area contributed by atoms with E-state index in [0.717, 1.165) is 0 Å². The topological polar surface area (TPSA) is 133 Å². The number of urea groups is 1. The van der Waals surface area contributed by atoms with Crippen molar-refractivity contribution < 1.29 is 28.7 Å². The molecule has 12 nitrogen and oxygen atoms in total. The van der Waals surface area contributed by atoms with Crippen LogP contribution in [-0.2, 0) is 19.1 Å². The zero-order valence-corrected chi connectivity index (χ0v) is 23.2. The maximum atomic E-state index is 14.0. The average Bonchev–Trinajstić information content (AvgIpc) is 3.42. The normalized spacial score (nSPS) is 25.5. The van der Waals surface area contributed by atoms with E-state index in [1.807, 2.05) is 34.6 Å². The lowest BCUT2D eigenvalue weighted by Gasteiger charge is -2.37. The molecule has 0 aromatic heterocycles. The molecule has 5 unspecified atom stereocenters. The van der Waals surface area contributed by atoms with E-state index in [-0.39, 0.29) is 36.5 Å². The predicted molar refractivity (Wildman–Crippen MR) is 137 cm³/mol. The molecule has 3 aliphatic heterocycles. The Morgan fingerprint density at radius 1 is 0.973 bits per heavy atom. The van der Waals surface area contributed by atoms with Crippen LogP contribution in [0.25, 0.3) is 0 Å². The van der Waals surface area contributed by atoms with E-state index in [4.69, 9.17) is 9.47 Å². The Morgan fingerprint density at radius 2 is 1.62 bits per heavy atom. The van der Waals surface area contributed by atoms with Gasteiger partial charge < -0.3 is 40.1 Å². The van der Waals surface area contributed by atoms with Gasteiger partial charge in [0.15, 0.2) is 0 Å². The van der Waals surface area contributed by atoms with Gasteiger partial charge in [-0.05, 0) is 39.7 Å². The molecule has 0 radical (unpaired) electrons. The third kappa shape index (κ3) is 6.64. The summed E-state index contributed by atoms with van der Waals surface area (Å²) in [5, 5.41) is 8.74. The van der Waals surface area contributed by atoms with Crippen LogP contribution in [0.4, 0.5) is 9.59 Å². The maximum absolute atomic E-state index is 14.0. The minimum Gasteiger partial charge on any atom is -0.442 e. The number of amides is 5. The van der Waals surface area contributed by atoms with E-state index in [0.29, 0.717) is 39.3 Å². The molecular formula is C25H44N6O6. The van der Waals surface area contributed by atoms with E-state index < -0.39 is 35.7 Å². The number of likely N-dealkylation sites (N-methyl/N-ethyl adjacent to an activating group) is 1. The molecule has 210 valence electrons. The van der Waals surface area contributed by atoms with Gasteiger partial charge in [-0.25, -0.2) is 9.59 Å². The van der Waals surface area contributed by atoms with Crippen LogP contribution in [0.15, 0.2) is 0 Å². The average molecular weight is 525 g/mol. The van der Waals surface area contributed by atoms with Crippen LogP contribution >= 0.6 is 0 Å². The van der Waals surface area contributed by atoms with Gasteiger partial charge in [0.1, 0.15) is 12.1 Å². The molecule has 3 fully saturated rings. The minimum absolute atomic E-state index is 0.0605. The minimum atomic E-state index is -0.788. The van der Waals surface area contributed by atoms with Crippen molar-refractivity contribution in [3.63, 3.8) is 0 Å². The monoisotopic (exact) mass is 524 g/mol. The highest BCUT2D eigenvalue weighted by Gasteiger charge is 2.55. The smallest absolute Gasteiger partial charge is 0.410 e. The van der Waals surface area contributed by atoms with Crippen LogP contribution in [0.2, 0.25) is 0 Å². The van der Waals surface area contributed by atoms with Crippen molar-refractivity contribution in [1.82, 2.24) is 30.7 Å². The molecule has 5 atom stereocenters. The summed E-state index contributed by atoms with van der Waals surface area (Å²) in [5.41, 5.74) is -0.564. The summed E-state index contributed by atoms with van der Waals surface area (Å²) in [6.07, 6.45) is -0.594. The quantitative estimate of drug-likeness (QED) is 0.457. The third-order valence-corrected chi connectivity index (χ3v) is 7.28. The Kier molecular flexibility index (Phi) is 9.27. The summed E-state index contributed by atoms with van der Waals surface area (Å²) in [6.45, 7) is 13.5. The van der Waals surface area contributed by atoms with Gasteiger partial charge in [-0.15, -0.1) is 0 Å². The second kappa shape index (κ2) is 11.8. The molecule has 3 aliphatic rings. The lowest BCUT2D eigenvalue weighted by molar-refractivity contribution is -0.142. The number of morpholine rings is 1. The summed E-state index contributed by atoms with van der Waals surface area (Å²) < 4.78 is 11.3. The summed E-state index contributed by atoms with van der Waals surface area (Å²) >= 11 is 0. The molecule has 37 heavy (non-hydrogen) atoms. The lowest BCUT2D eigenvalue weighted by Crippen LogP contribution is -2.60. The molecule has 0 aromatic carbocycles. The molecular weight excluding hydrogens is 480 g/mol. The number of nitrogens with one attached hydrogen (secondary N) is 3. The van der Waals surface area contributed by atoms with Crippen molar-refractivity contribution in [2.24, 2.45) is 5.41 Å². The van der Waals surface area contributed by atoms with Gasteiger partial charge in [-0.3, -0.25) is 9.59 Å². The Bertz CT molecular complexity index is 855. The molecule has 0 saturated carbocycles. The first-order valence-corrected chi connectivity index (χ1v) is 13.2. The van der Waals surface area contributed by atoms with Crippen LogP contribution in [0.1, 0.15) is 48.0 Å². The predicted octanol–water partition coefficient (Wildman–Crippen LogP) is 0.366. The van der Waals surface area contributed by atoms with E-state index in [1.54, 1.807) is 28.7 Å². The van der Waals surface area contributed by atoms with Crippen molar-refractivity contribution in [2.45, 2.75) is 84.3 Å². The second-order valence-corrected chi connectivity index (χ2v) is 11.5. The summed E-state index contributed by atoms with van der Waals surface area (Å²) in [4.78, 5) is 57.7.